The second-order valence-electron chi connectivity index (χ2n) is 7.01. The Labute approximate surface area is 173 Å². The van der Waals surface area contributed by atoms with Crippen LogP contribution in [0.1, 0.15) is 41.5 Å². The Morgan fingerprint density at radius 1 is 1.03 bits per heavy atom. The van der Waals surface area contributed by atoms with Crippen molar-refractivity contribution in [1.29, 1.82) is 0 Å². The third-order valence-electron chi connectivity index (χ3n) is 5.07. The molecule has 2 aromatic carbocycles. The molecular formula is C22H16F7NO. The first-order chi connectivity index (χ1) is 14.4. The Hall–Kier alpha value is -3.02. The Bertz CT molecular complexity index is 1060. The molecule has 0 saturated heterocycles. The summed E-state index contributed by atoms with van der Waals surface area (Å²) in [7, 11) is 0. The summed E-state index contributed by atoms with van der Waals surface area (Å²) in [4.78, 5) is 14.4. The first-order valence-electron chi connectivity index (χ1n) is 9.21. The van der Waals surface area contributed by atoms with Gasteiger partial charge in [-0.15, -0.1) is 5.92 Å². The maximum Gasteiger partial charge on any atom is 0.416 e. The standard InChI is InChI=1S/C22H16F7NO/c1-2-3-10-30-19-9-6-15(23)11-13(19)4-7-17(20(30)31)16-8-5-14(21(24,25)26)12-18(16)22(27,28)29/h5-6,8-9,11-12,17H,4,7,10H2,1H3. The number of halogens is 7. The molecule has 0 radical (unpaired) electrons. The third-order valence-corrected chi connectivity index (χ3v) is 5.07. The lowest BCUT2D eigenvalue weighted by molar-refractivity contribution is -0.143. The second kappa shape index (κ2) is 8.25. The fourth-order valence-corrected chi connectivity index (χ4v) is 3.64. The molecule has 31 heavy (non-hydrogen) atoms. The number of hydrogen-bond acceptors (Lipinski definition) is 1. The number of nitrogens with zero attached hydrogens (tertiary/aromatic N) is 1. The SMILES string of the molecule is CC#CCN1C(=O)C(c2ccc(C(F)(F)F)cc2C(F)(F)F)CCc2cc(F)ccc21. The van der Waals surface area contributed by atoms with Crippen molar-refractivity contribution in [2.24, 2.45) is 0 Å². The molecule has 0 N–H and O–H groups in total. The van der Waals surface area contributed by atoms with E-state index in [0.717, 1.165) is 11.0 Å². The highest BCUT2D eigenvalue weighted by molar-refractivity contribution is 6.00. The van der Waals surface area contributed by atoms with Crippen LogP contribution in [0.25, 0.3) is 0 Å². The molecule has 1 amide bonds. The highest BCUT2D eigenvalue weighted by Gasteiger charge is 2.42. The molecule has 2 aromatic rings. The van der Waals surface area contributed by atoms with E-state index in [9.17, 15) is 35.5 Å². The van der Waals surface area contributed by atoms with Gasteiger partial charge in [0.25, 0.3) is 0 Å². The maximum absolute atomic E-state index is 13.7. The van der Waals surface area contributed by atoms with E-state index in [1.54, 1.807) is 0 Å². The van der Waals surface area contributed by atoms with Crippen LogP contribution in [0.5, 0.6) is 0 Å². The van der Waals surface area contributed by atoms with E-state index in [1.807, 2.05) is 0 Å². The van der Waals surface area contributed by atoms with Gasteiger partial charge < -0.3 is 0 Å². The number of carbonyl (C=O) groups is 1. The van der Waals surface area contributed by atoms with Crippen molar-refractivity contribution < 1.29 is 35.5 Å². The molecule has 0 spiro atoms. The number of fused-ring (bicyclic) bond motifs is 1. The Morgan fingerprint density at radius 3 is 2.35 bits per heavy atom. The fourth-order valence-electron chi connectivity index (χ4n) is 3.64. The van der Waals surface area contributed by atoms with Gasteiger partial charge in [0, 0.05) is 5.69 Å². The number of benzene rings is 2. The largest absolute Gasteiger partial charge is 0.416 e. The molecular weight excluding hydrogens is 427 g/mol. The Kier molecular flexibility index (Phi) is 6.03. The highest BCUT2D eigenvalue weighted by Crippen LogP contribution is 2.42. The van der Waals surface area contributed by atoms with Crippen molar-refractivity contribution in [3.8, 4) is 11.8 Å². The van der Waals surface area contributed by atoms with Crippen molar-refractivity contribution in [2.75, 3.05) is 11.4 Å². The molecule has 1 aliphatic rings. The van der Waals surface area contributed by atoms with Crippen molar-refractivity contribution >= 4 is 11.6 Å². The van der Waals surface area contributed by atoms with Crippen LogP contribution in [-0.4, -0.2) is 12.5 Å². The lowest BCUT2D eigenvalue weighted by Crippen LogP contribution is -2.35. The molecule has 0 saturated carbocycles. The third kappa shape index (κ3) is 4.68. The monoisotopic (exact) mass is 443 g/mol. The zero-order chi connectivity index (χ0) is 23.0. The number of anilines is 1. The van der Waals surface area contributed by atoms with Crippen molar-refractivity contribution in [2.45, 2.75) is 38.0 Å². The molecule has 0 aromatic heterocycles. The zero-order valence-electron chi connectivity index (χ0n) is 16.2. The normalized spacial score (nSPS) is 17.0. The average Bonchev–Trinajstić information content (AvgIpc) is 2.80. The summed E-state index contributed by atoms with van der Waals surface area (Å²) in [6.45, 7) is 1.37. The van der Waals surface area contributed by atoms with Crippen LogP contribution in [0.3, 0.4) is 0 Å². The van der Waals surface area contributed by atoms with Crippen LogP contribution in [0.4, 0.5) is 36.4 Å². The van der Waals surface area contributed by atoms with Gasteiger partial charge in [-0.05, 0) is 61.2 Å². The van der Waals surface area contributed by atoms with Crippen molar-refractivity contribution in [3.63, 3.8) is 0 Å². The van der Waals surface area contributed by atoms with Gasteiger partial charge in [0.15, 0.2) is 0 Å². The Morgan fingerprint density at radius 2 is 1.74 bits per heavy atom. The number of hydrogen-bond donors (Lipinski definition) is 0. The lowest BCUT2D eigenvalue weighted by Gasteiger charge is -2.26. The molecule has 164 valence electrons. The zero-order valence-corrected chi connectivity index (χ0v) is 16.2. The van der Waals surface area contributed by atoms with Crippen LogP contribution in [-0.2, 0) is 23.6 Å². The average molecular weight is 443 g/mol. The van der Waals surface area contributed by atoms with E-state index in [2.05, 4.69) is 11.8 Å². The van der Waals surface area contributed by atoms with Gasteiger partial charge in [-0.2, -0.15) is 26.3 Å². The molecule has 1 atom stereocenters. The molecule has 1 heterocycles. The minimum Gasteiger partial charge on any atom is -0.300 e. The van der Waals surface area contributed by atoms with Crippen LogP contribution in [0.15, 0.2) is 36.4 Å². The number of rotatable bonds is 2. The summed E-state index contributed by atoms with van der Waals surface area (Å²) in [6.07, 6.45) is -10.1. The van der Waals surface area contributed by atoms with Crippen LogP contribution in [0.2, 0.25) is 0 Å². The van der Waals surface area contributed by atoms with Crippen LogP contribution in [0, 0.1) is 17.7 Å². The van der Waals surface area contributed by atoms with E-state index >= 15 is 0 Å². The van der Waals surface area contributed by atoms with Gasteiger partial charge in [0.2, 0.25) is 5.91 Å². The first-order valence-corrected chi connectivity index (χ1v) is 9.21. The molecule has 1 unspecified atom stereocenters. The van der Waals surface area contributed by atoms with E-state index in [4.69, 9.17) is 0 Å². The van der Waals surface area contributed by atoms with Gasteiger partial charge in [0.1, 0.15) is 5.82 Å². The predicted molar refractivity (Wildman–Crippen MR) is 99.7 cm³/mol. The molecule has 2 nitrogen and oxygen atoms in total. The summed E-state index contributed by atoms with van der Waals surface area (Å²) >= 11 is 0. The van der Waals surface area contributed by atoms with Crippen molar-refractivity contribution in [1.82, 2.24) is 0 Å². The molecule has 9 heteroatoms. The molecule has 1 aliphatic heterocycles. The van der Waals surface area contributed by atoms with Crippen LogP contribution >= 0.6 is 0 Å². The molecule has 0 bridgehead atoms. The fraction of sp³-hybridized carbons (Fsp3) is 0.318. The van der Waals surface area contributed by atoms with Gasteiger partial charge in [0.05, 0.1) is 23.6 Å². The number of alkyl halides is 6. The topological polar surface area (TPSA) is 20.3 Å². The maximum atomic E-state index is 13.7. The second-order valence-corrected chi connectivity index (χ2v) is 7.01. The van der Waals surface area contributed by atoms with Gasteiger partial charge in [-0.25, -0.2) is 4.39 Å². The molecule has 0 fully saturated rings. The minimum absolute atomic E-state index is 0.0243. The smallest absolute Gasteiger partial charge is 0.300 e. The summed E-state index contributed by atoms with van der Waals surface area (Å²) in [5.41, 5.74) is -2.79. The summed E-state index contributed by atoms with van der Waals surface area (Å²) in [5, 5.41) is 0. The summed E-state index contributed by atoms with van der Waals surface area (Å²) < 4.78 is 93.7. The van der Waals surface area contributed by atoms with Gasteiger partial charge >= 0.3 is 12.4 Å². The Balaban J connectivity index is 2.14. The van der Waals surface area contributed by atoms with E-state index in [-0.39, 0.29) is 25.5 Å². The summed E-state index contributed by atoms with van der Waals surface area (Å²) in [6, 6.07) is 4.92. The molecule has 3 rings (SSSR count). The predicted octanol–water partition coefficient (Wildman–Crippen LogP) is 5.95. The molecule has 0 aliphatic carbocycles. The minimum atomic E-state index is -5.10. The van der Waals surface area contributed by atoms with E-state index in [1.165, 1.54) is 19.1 Å². The van der Waals surface area contributed by atoms with Crippen molar-refractivity contribution in [3.05, 3.63) is 64.5 Å². The van der Waals surface area contributed by atoms with Gasteiger partial charge in [-0.3, -0.25) is 9.69 Å². The lowest BCUT2D eigenvalue weighted by atomic mass is 9.88. The number of carbonyl (C=O) groups excluding carboxylic acids is 1. The quantitative estimate of drug-likeness (QED) is 0.415. The number of amides is 1. The summed E-state index contributed by atoms with van der Waals surface area (Å²) in [5.74, 6) is 2.58. The number of aryl methyl sites for hydroxylation is 1. The van der Waals surface area contributed by atoms with Crippen LogP contribution < -0.4 is 4.90 Å². The first kappa shape index (κ1) is 22.7. The van der Waals surface area contributed by atoms with Gasteiger partial charge in [-0.1, -0.05) is 12.0 Å². The van der Waals surface area contributed by atoms with E-state index < -0.39 is 46.7 Å². The highest BCUT2D eigenvalue weighted by atomic mass is 19.4. The van der Waals surface area contributed by atoms with E-state index in [0.29, 0.717) is 23.4 Å².